The van der Waals surface area contributed by atoms with E-state index in [1.807, 2.05) is 12.1 Å². The minimum absolute atomic E-state index is 0.174. The van der Waals surface area contributed by atoms with Gasteiger partial charge in [0.05, 0.1) is 6.67 Å². The summed E-state index contributed by atoms with van der Waals surface area (Å²) in [5.41, 5.74) is 1.78. The van der Waals surface area contributed by atoms with Crippen LogP contribution in [0.2, 0.25) is 0 Å². The average molecular weight is 329 g/mol. The smallest absolute Gasteiger partial charge is 0.329 e. The number of piperidine rings is 1. The second kappa shape index (κ2) is 7.05. The highest BCUT2D eigenvalue weighted by atomic mass is 16.5. The standard InChI is InChI=1S/C18H23N3O3/c1-13-4-3-5-16(14(13)2)24-15-7-10-20(11-8-15)12-21-17(22)6-9-19-18(21)23/h3-6,9,15H,7-8,10-12H2,1-2H3,(H,19,23). The molecule has 6 heteroatoms. The highest BCUT2D eigenvalue weighted by molar-refractivity contribution is 5.38. The molecule has 1 fully saturated rings. The number of rotatable bonds is 4. The van der Waals surface area contributed by atoms with Crippen molar-refractivity contribution in [3.05, 3.63) is 62.4 Å². The lowest BCUT2D eigenvalue weighted by atomic mass is 10.1. The van der Waals surface area contributed by atoms with Crippen LogP contribution in [0.15, 0.2) is 40.1 Å². The predicted molar refractivity (Wildman–Crippen MR) is 92.5 cm³/mol. The number of aromatic amines is 1. The van der Waals surface area contributed by atoms with Crippen LogP contribution in [0.5, 0.6) is 5.75 Å². The van der Waals surface area contributed by atoms with E-state index >= 15 is 0 Å². The van der Waals surface area contributed by atoms with Crippen molar-refractivity contribution in [3.63, 3.8) is 0 Å². The molecule has 1 aromatic carbocycles. The van der Waals surface area contributed by atoms with Gasteiger partial charge in [0.1, 0.15) is 11.9 Å². The quantitative estimate of drug-likeness (QED) is 0.926. The summed E-state index contributed by atoms with van der Waals surface area (Å²) in [7, 11) is 0. The number of nitrogens with one attached hydrogen (secondary N) is 1. The molecule has 24 heavy (non-hydrogen) atoms. The Hall–Kier alpha value is -2.34. The summed E-state index contributed by atoms with van der Waals surface area (Å²) in [6.45, 7) is 6.09. The Morgan fingerprint density at radius 2 is 1.92 bits per heavy atom. The van der Waals surface area contributed by atoms with Crippen molar-refractivity contribution in [2.75, 3.05) is 13.1 Å². The first-order valence-electron chi connectivity index (χ1n) is 8.28. The van der Waals surface area contributed by atoms with E-state index in [-0.39, 0.29) is 17.4 Å². The molecule has 0 atom stereocenters. The Labute approximate surface area is 140 Å². The Morgan fingerprint density at radius 3 is 2.62 bits per heavy atom. The van der Waals surface area contributed by atoms with Crippen LogP contribution in [0.4, 0.5) is 0 Å². The largest absolute Gasteiger partial charge is 0.490 e. The molecule has 1 N–H and O–H groups in total. The molecule has 0 unspecified atom stereocenters. The molecule has 128 valence electrons. The monoisotopic (exact) mass is 329 g/mol. The molecule has 1 aromatic heterocycles. The maximum absolute atomic E-state index is 11.8. The van der Waals surface area contributed by atoms with E-state index in [1.165, 1.54) is 28.0 Å². The van der Waals surface area contributed by atoms with Crippen molar-refractivity contribution in [3.8, 4) is 5.75 Å². The van der Waals surface area contributed by atoms with Gasteiger partial charge in [-0.25, -0.2) is 9.36 Å². The third-order valence-corrected chi connectivity index (χ3v) is 4.67. The molecule has 0 amide bonds. The van der Waals surface area contributed by atoms with Crippen LogP contribution in [-0.4, -0.2) is 33.6 Å². The minimum atomic E-state index is -0.365. The zero-order valence-electron chi connectivity index (χ0n) is 14.1. The number of ether oxygens (including phenoxy) is 1. The number of benzene rings is 1. The Kier molecular flexibility index (Phi) is 4.85. The third kappa shape index (κ3) is 3.59. The lowest BCUT2D eigenvalue weighted by molar-refractivity contribution is 0.0812. The summed E-state index contributed by atoms with van der Waals surface area (Å²) in [5.74, 6) is 0.948. The second-order valence-corrected chi connectivity index (χ2v) is 6.32. The first-order valence-corrected chi connectivity index (χ1v) is 8.28. The molecule has 1 aliphatic rings. The predicted octanol–water partition coefficient (Wildman–Crippen LogP) is 1.65. The van der Waals surface area contributed by atoms with E-state index in [2.05, 4.69) is 29.8 Å². The summed E-state index contributed by atoms with van der Waals surface area (Å²) >= 11 is 0. The van der Waals surface area contributed by atoms with Gasteiger partial charge in [0.15, 0.2) is 0 Å². The van der Waals surface area contributed by atoms with Gasteiger partial charge in [-0.1, -0.05) is 12.1 Å². The van der Waals surface area contributed by atoms with E-state index in [1.54, 1.807) is 0 Å². The molecule has 0 saturated carbocycles. The zero-order chi connectivity index (χ0) is 17.1. The lowest BCUT2D eigenvalue weighted by Gasteiger charge is -2.32. The van der Waals surface area contributed by atoms with Gasteiger partial charge in [-0.15, -0.1) is 0 Å². The van der Waals surface area contributed by atoms with Crippen LogP contribution in [0.1, 0.15) is 24.0 Å². The molecule has 0 radical (unpaired) electrons. The van der Waals surface area contributed by atoms with E-state index in [0.29, 0.717) is 6.67 Å². The average Bonchev–Trinajstić information content (AvgIpc) is 2.57. The van der Waals surface area contributed by atoms with Crippen LogP contribution in [-0.2, 0) is 6.67 Å². The van der Waals surface area contributed by atoms with Gasteiger partial charge in [0.2, 0.25) is 0 Å². The van der Waals surface area contributed by atoms with Gasteiger partial charge in [-0.2, -0.15) is 0 Å². The molecule has 3 rings (SSSR count). The Bertz CT molecular complexity index is 788. The van der Waals surface area contributed by atoms with Gasteiger partial charge >= 0.3 is 5.69 Å². The number of nitrogens with zero attached hydrogens (tertiary/aromatic N) is 2. The van der Waals surface area contributed by atoms with Crippen molar-refractivity contribution in [2.24, 2.45) is 0 Å². The van der Waals surface area contributed by atoms with Crippen molar-refractivity contribution >= 4 is 0 Å². The van der Waals surface area contributed by atoms with Crippen LogP contribution >= 0.6 is 0 Å². The van der Waals surface area contributed by atoms with E-state index in [0.717, 1.165) is 31.7 Å². The molecule has 2 heterocycles. The van der Waals surface area contributed by atoms with Crippen molar-refractivity contribution in [1.29, 1.82) is 0 Å². The highest BCUT2D eigenvalue weighted by Crippen LogP contribution is 2.24. The Balaban J connectivity index is 1.59. The van der Waals surface area contributed by atoms with Gasteiger partial charge in [-0.3, -0.25) is 9.69 Å². The minimum Gasteiger partial charge on any atom is -0.490 e. The van der Waals surface area contributed by atoms with Gasteiger partial charge < -0.3 is 9.72 Å². The molecule has 0 bridgehead atoms. The van der Waals surface area contributed by atoms with Crippen molar-refractivity contribution in [1.82, 2.24) is 14.5 Å². The molecule has 2 aromatic rings. The summed E-state index contributed by atoms with van der Waals surface area (Å²) < 4.78 is 7.38. The first-order chi connectivity index (χ1) is 11.5. The fourth-order valence-electron chi connectivity index (χ4n) is 2.99. The third-order valence-electron chi connectivity index (χ3n) is 4.67. The molecule has 0 spiro atoms. The summed E-state index contributed by atoms with van der Waals surface area (Å²) in [5, 5.41) is 0. The van der Waals surface area contributed by atoms with Crippen LogP contribution in [0.25, 0.3) is 0 Å². The molecular weight excluding hydrogens is 306 g/mol. The van der Waals surface area contributed by atoms with E-state index < -0.39 is 0 Å². The lowest BCUT2D eigenvalue weighted by Crippen LogP contribution is -2.44. The Morgan fingerprint density at radius 1 is 1.17 bits per heavy atom. The number of likely N-dealkylation sites (tertiary alicyclic amines) is 1. The fraction of sp³-hybridized carbons (Fsp3) is 0.444. The highest BCUT2D eigenvalue weighted by Gasteiger charge is 2.22. The number of aromatic nitrogens is 2. The van der Waals surface area contributed by atoms with Crippen LogP contribution in [0.3, 0.4) is 0 Å². The normalized spacial score (nSPS) is 16.2. The maximum Gasteiger partial charge on any atom is 0.329 e. The second-order valence-electron chi connectivity index (χ2n) is 6.32. The van der Waals surface area contributed by atoms with Crippen LogP contribution in [0, 0.1) is 13.8 Å². The zero-order valence-corrected chi connectivity index (χ0v) is 14.1. The molecule has 1 aliphatic heterocycles. The summed E-state index contributed by atoms with van der Waals surface area (Å²) in [6, 6.07) is 7.48. The number of aryl methyl sites for hydroxylation is 1. The molecular formula is C18H23N3O3. The first kappa shape index (κ1) is 16.5. The van der Waals surface area contributed by atoms with E-state index in [4.69, 9.17) is 4.74 Å². The fourth-order valence-corrected chi connectivity index (χ4v) is 2.99. The van der Waals surface area contributed by atoms with Gasteiger partial charge in [0.25, 0.3) is 5.56 Å². The number of H-pyrrole nitrogens is 1. The number of hydrogen-bond donors (Lipinski definition) is 1. The summed E-state index contributed by atoms with van der Waals surface area (Å²) in [6.07, 6.45) is 3.32. The molecule has 1 saturated heterocycles. The topological polar surface area (TPSA) is 67.3 Å². The SMILES string of the molecule is Cc1cccc(OC2CCN(Cn3c(=O)cc[nH]c3=O)CC2)c1C. The molecule has 0 aliphatic carbocycles. The molecule has 6 nitrogen and oxygen atoms in total. The van der Waals surface area contributed by atoms with E-state index in [9.17, 15) is 9.59 Å². The summed E-state index contributed by atoms with van der Waals surface area (Å²) in [4.78, 5) is 28.2. The maximum atomic E-state index is 11.8. The van der Waals surface area contributed by atoms with Gasteiger partial charge in [-0.05, 0) is 43.9 Å². The van der Waals surface area contributed by atoms with Crippen molar-refractivity contribution < 1.29 is 4.74 Å². The van der Waals surface area contributed by atoms with Gasteiger partial charge in [0, 0.05) is 25.4 Å². The number of hydrogen-bond acceptors (Lipinski definition) is 4. The van der Waals surface area contributed by atoms with Crippen LogP contribution < -0.4 is 16.0 Å². The van der Waals surface area contributed by atoms with Crippen molar-refractivity contribution in [2.45, 2.75) is 39.5 Å².